The maximum atomic E-state index is 15.0. The first-order chi connectivity index (χ1) is 63.6. The molecule has 0 spiro atoms. The Bertz CT molecular complexity index is 7890. The highest BCUT2D eigenvalue weighted by atomic mass is 19.1. The summed E-state index contributed by atoms with van der Waals surface area (Å²) in [5, 5.41) is 122. The Kier molecular flexibility index (Phi) is 22.0. The van der Waals surface area contributed by atoms with Crippen LogP contribution in [0.4, 0.5) is 8.78 Å². The molecule has 1 atom stereocenters. The van der Waals surface area contributed by atoms with Crippen molar-refractivity contribution >= 4 is 147 Å². The SMILES string of the molecule is N#Cc1ccc(-c2nc3ccc4[nH]ncc4c3c3c2CCCC3)cc1.NC1CCc2c(c(-c3ccc(O)cc3)nc3ccc4[nH]ncc4c23)C1.OB(O)c1ccc(-c2nc3ccc4[nH]ncc4c3c3c2CCCC3)cc1.OB(O)c1ccc(-c2nc3ccc4[nH]ncc4c3c3c2CCCC3)cc1F.OB(O)c1cccc(-c2nc3ccc4[nH]ncc4c3c3c2CCCC3)c1F. The molecule has 10 aromatic heterocycles. The molecule has 0 aliphatic heterocycles. The third kappa shape index (κ3) is 15.1. The predicted molar refractivity (Wildman–Crippen MR) is 506 cm³/mol. The molecule has 5 aliphatic rings. The average Bonchev–Trinajstić information content (AvgIpc) is 1.32. The van der Waals surface area contributed by atoms with E-state index in [-0.39, 0.29) is 22.7 Å². The standard InChI is InChI=1S/C21H16N4.2C20H17BFN3O2.C20H18BN3O2.C20H18N4O/c22-11-13-5-7-14(8-6-13)21-16-4-2-1-3-15(16)20-17-12-23-25-18(17)9-10-19(20)24-21;22-19-13(6-3-7-15(19)21(26)27)20-12-5-2-1-4-11(12)18-14-10-23-25-16(14)8-9-17(18)24-20;22-16-9-11(5-6-15(16)21(26)27)20-13-4-2-1-3-12(13)19-14-10-23-25-17(14)7-8-18(19)24-20;25-21(26)13-7-5-12(6-8-13)20-15-4-2-1-3-14(15)19-16-11-22-24-17(16)9-10-18(19)23-20;21-12-3-6-14-15(9-12)20(11-1-4-13(25)5-2-11)23-18-8-7-17-16(19(14)18)10-22-24-17/h5-10,12H,1-4H2,(H,23,25);3,6-10,26-27H,1-2,4-5H2,(H,23,25);5-10,26-27H,1-4H2,(H,23,25);5-11,25-26H,1-4H2,(H,22,24);1-2,4-5,7-8,10,12,25H,3,6,9,21H2,(H,22,24). The first-order valence-electron chi connectivity index (χ1n) is 44.3. The van der Waals surface area contributed by atoms with E-state index in [2.05, 4.69) is 81.3 Å². The number of pyridine rings is 5. The van der Waals surface area contributed by atoms with Gasteiger partial charge in [-0.1, -0.05) is 60.7 Å². The molecule has 0 amide bonds. The van der Waals surface area contributed by atoms with Crippen LogP contribution < -0.4 is 22.1 Å². The van der Waals surface area contributed by atoms with Gasteiger partial charge in [-0.15, -0.1) is 0 Å². The van der Waals surface area contributed by atoms with Gasteiger partial charge in [-0.2, -0.15) is 30.8 Å². The lowest BCUT2D eigenvalue weighted by Gasteiger charge is -2.25. The summed E-state index contributed by atoms with van der Waals surface area (Å²) in [5.74, 6) is -1.01. The number of aromatic hydroxyl groups is 1. The third-order valence-corrected chi connectivity index (χ3v) is 26.6. The Morgan fingerprint density at radius 1 is 0.346 bits per heavy atom. The average molecular weight is 1720 g/mol. The number of aryl methyl sites for hydroxylation is 5. The molecule has 10 heterocycles. The maximum Gasteiger partial charge on any atom is 0.491 e. The van der Waals surface area contributed by atoms with Gasteiger partial charge in [0, 0.05) is 98.6 Å². The molecule has 20 aromatic rings. The highest BCUT2D eigenvalue weighted by Gasteiger charge is 2.31. The minimum atomic E-state index is -1.85. The number of rotatable bonds is 8. The number of nitrogens with one attached hydrogen (secondary N) is 5. The molecule has 10 aromatic carbocycles. The normalized spacial score (nSPS) is 14.5. The summed E-state index contributed by atoms with van der Waals surface area (Å²) in [5.41, 5.74) is 38.1. The number of nitrogens with two attached hydrogens (primary N) is 1. The van der Waals surface area contributed by atoms with Crippen LogP contribution in [0.3, 0.4) is 0 Å². The lowest BCUT2D eigenvalue weighted by molar-refractivity contribution is 0.421. The number of fused-ring (bicyclic) bond motifs is 25. The van der Waals surface area contributed by atoms with Crippen LogP contribution in [0.5, 0.6) is 5.75 Å². The molecule has 1 unspecified atom stereocenters. The van der Waals surface area contributed by atoms with E-state index in [0.29, 0.717) is 27.8 Å². The number of phenols is 1. The fourth-order valence-corrected chi connectivity index (χ4v) is 20.4. The van der Waals surface area contributed by atoms with Gasteiger partial charge in [0.25, 0.3) is 0 Å². The lowest BCUT2D eigenvalue weighted by atomic mass is 9.78. The monoisotopic (exact) mass is 1720 g/mol. The van der Waals surface area contributed by atoms with Crippen LogP contribution in [0.1, 0.15) is 119 Å². The predicted octanol–water partition coefficient (Wildman–Crippen LogP) is 15.1. The third-order valence-electron chi connectivity index (χ3n) is 26.6. The summed E-state index contributed by atoms with van der Waals surface area (Å²) in [6.45, 7) is 0. The van der Waals surface area contributed by atoms with Crippen molar-refractivity contribution in [3.63, 3.8) is 0 Å². The van der Waals surface area contributed by atoms with Gasteiger partial charge in [0.15, 0.2) is 0 Å². The molecule has 0 bridgehead atoms. The minimum Gasteiger partial charge on any atom is -0.508 e. The number of nitriles is 1. The van der Waals surface area contributed by atoms with Gasteiger partial charge in [-0.05, 0) is 292 Å². The summed E-state index contributed by atoms with van der Waals surface area (Å²) in [7, 11) is -5.13. The molecule has 0 saturated heterocycles. The molecule has 0 saturated carbocycles. The fourth-order valence-electron chi connectivity index (χ4n) is 20.4. The second kappa shape index (κ2) is 34.7. The summed E-state index contributed by atoms with van der Waals surface area (Å²) >= 11 is 0. The molecule has 0 radical (unpaired) electrons. The van der Waals surface area contributed by atoms with Crippen molar-refractivity contribution in [3.8, 4) is 68.1 Å². The highest BCUT2D eigenvalue weighted by molar-refractivity contribution is 6.59. The first kappa shape index (κ1) is 82.6. The number of halogens is 2. The van der Waals surface area contributed by atoms with Crippen molar-refractivity contribution in [1.82, 2.24) is 75.9 Å². The summed E-state index contributed by atoms with van der Waals surface area (Å²) in [4.78, 5) is 24.7. The van der Waals surface area contributed by atoms with Crippen LogP contribution in [0, 0.1) is 23.0 Å². The van der Waals surface area contributed by atoms with Crippen LogP contribution >= 0.6 is 0 Å². The number of aromatic amines is 5. The largest absolute Gasteiger partial charge is 0.508 e. The molecule has 640 valence electrons. The number of hydrogen-bond donors (Lipinski definition) is 13. The van der Waals surface area contributed by atoms with Gasteiger partial charge in [0.1, 0.15) is 17.4 Å². The molecular formula is C101H86B3F2N17O7. The zero-order valence-corrected chi connectivity index (χ0v) is 70.7. The van der Waals surface area contributed by atoms with Gasteiger partial charge in [-0.3, -0.25) is 25.5 Å². The molecule has 130 heavy (non-hydrogen) atoms. The number of nitrogens with zero attached hydrogens (tertiary/aromatic N) is 11. The van der Waals surface area contributed by atoms with E-state index in [1.54, 1.807) is 42.5 Å². The highest BCUT2D eigenvalue weighted by Crippen LogP contribution is 2.45. The van der Waals surface area contributed by atoms with Gasteiger partial charge >= 0.3 is 21.4 Å². The number of H-pyrrole nitrogens is 5. The number of aromatic nitrogens is 15. The Hall–Kier alpha value is -14.3. The fraction of sp³-hybridized carbons (Fsp3) is 0.198. The van der Waals surface area contributed by atoms with E-state index in [9.17, 15) is 39.6 Å². The number of phenolic OH excluding ortho intramolecular Hbond substituents is 1. The van der Waals surface area contributed by atoms with E-state index in [0.717, 1.165) is 240 Å². The Balaban J connectivity index is 0.0000000984. The Labute approximate surface area is 743 Å². The van der Waals surface area contributed by atoms with Crippen molar-refractivity contribution in [2.45, 2.75) is 128 Å². The van der Waals surface area contributed by atoms with E-state index in [1.807, 2.05) is 116 Å². The Morgan fingerprint density at radius 3 is 1.05 bits per heavy atom. The number of benzene rings is 10. The topological polar surface area (TPSA) is 399 Å². The van der Waals surface area contributed by atoms with Crippen LogP contribution in [0.25, 0.3) is 165 Å². The zero-order chi connectivity index (χ0) is 88.5. The van der Waals surface area contributed by atoms with Crippen LogP contribution in [0.15, 0.2) is 201 Å². The summed E-state index contributed by atoms with van der Waals surface area (Å²) < 4.78 is 29.3. The van der Waals surface area contributed by atoms with E-state index >= 15 is 4.39 Å². The van der Waals surface area contributed by atoms with Crippen LogP contribution in [-0.4, -0.2) is 139 Å². The van der Waals surface area contributed by atoms with Crippen molar-refractivity contribution in [2.24, 2.45) is 5.73 Å². The zero-order valence-electron chi connectivity index (χ0n) is 70.7. The van der Waals surface area contributed by atoms with Crippen LogP contribution in [-0.2, 0) is 64.2 Å². The second-order valence-electron chi connectivity index (χ2n) is 34.3. The van der Waals surface area contributed by atoms with Gasteiger partial charge < -0.3 is 41.0 Å². The van der Waals surface area contributed by atoms with E-state index in [1.165, 1.54) is 105 Å². The molecule has 14 N–H and O–H groups in total. The Morgan fingerprint density at radius 2 is 0.677 bits per heavy atom. The molecular weight excluding hydrogens is 1630 g/mol. The number of hydrogen-bond acceptors (Lipinski definition) is 19. The van der Waals surface area contributed by atoms with Crippen molar-refractivity contribution in [1.29, 1.82) is 5.26 Å². The van der Waals surface area contributed by atoms with E-state index < -0.39 is 33.0 Å². The van der Waals surface area contributed by atoms with Crippen molar-refractivity contribution < 1.29 is 44.0 Å². The lowest BCUT2D eigenvalue weighted by Crippen LogP contribution is -2.33. The maximum absolute atomic E-state index is 15.0. The minimum absolute atomic E-state index is 0.131. The second-order valence-corrected chi connectivity index (χ2v) is 34.3. The quantitative estimate of drug-likeness (QED) is 0.0628. The summed E-state index contributed by atoms with van der Waals surface area (Å²) in [6, 6.07) is 53.9. The van der Waals surface area contributed by atoms with Crippen molar-refractivity contribution in [2.75, 3.05) is 0 Å². The van der Waals surface area contributed by atoms with Gasteiger partial charge in [-0.25, -0.2) is 33.7 Å². The molecule has 25 rings (SSSR count). The van der Waals surface area contributed by atoms with Crippen LogP contribution in [0.2, 0.25) is 0 Å². The van der Waals surface area contributed by atoms with Gasteiger partial charge in [0.05, 0.1) is 126 Å². The molecule has 5 aliphatic carbocycles. The first-order valence-corrected chi connectivity index (χ1v) is 44.3. The van der Waals surface area contributed by atoms with E-state index in [4.69, 9.17) is 35.9 Å². The van der Waals surface area contributed by atoms with Gasteiger partial charge in [0.2, 0.25) is 0 Å². The summed E-state index contributed by atoms with van der Waals surface area (Å²) in [6.07, 6.45) is 29.0. The molecule has 24 nitrogen and oxygen atoms in total. The molecule has 0 fully saturated rings. The van der Waals surface area contributed by atoms with Crippen molar-refractivity contribution in [3.05, 3.63) is 274 Å². The smallest absolute Gasteiger partial charge is 0.491 e. The molecule has 29 heteroatoms.